The van der Waals surface area contributed by atoms with Crippen molar-refractivity contribution in [3.05, 3.63) is 34.9 Å². The molecule has 0 spiro atoms. The third kappa shape index (κ3) is 2.91. The number of piperidine rings is 1. The van der Waals surface area contributed by atoms with Crippen LogP contribution in [-0.4, -0.2) is 40.8 Å². The molecule has 110 valence electrons. The summed E-state index contributed by atoms with van der Waals surface area (Å²) in [5.74, 6) is -0.356. The normalized spacial score (nSPS) is 18.9. The van der Waals surface area contributed by atoms with E-state index in [0.717, 1.165) is 0 Å². The molecule has 3 nitrogen and oxygen atoms in total. The lowest BCUT2D eigenvalue weighted by Gasteiger charge is -2.39. The van der Waals surface area contributed by atoms with Crippen molar-refractivity contribution in [3.63, 3.8) is 0 Å². The number of halogens is 4. The second-order valence-electron chi connectivity index (χ2n) is 4.83. The summed E-state index contributed by atoms with van der Waals surface area (Å²) < 4.78 is 38.0. The highest BCUT2D eigenvalue weighted by atomic mass is 35.5. The Balaban J connectivity index is 2.04. The average molecular weight is 308 g/mol. The topological polar surface area (TPSA) is 40.5 Å². The lowest BCUT2D eigenvalue weighted by molar-refractivity contribution is -0.271. The van der Waals surface area contributed by atoms with Gasteiger partial charge in [-0.05, 0) is 24.3 Å². The number of carbonyl (C=O) groups is 1. The number of likely N-dealkylation sites (tertiary alicyclic amines) is 1. The maximum absolute atomic E-state index is 12.7. The zero-order valence-electron chi connectivity index (χ0n) is 10.5. The maximum Gasteiger partial charge on any atom is 0.417 e. The molecule has 0 radical (unpaired) electrons. The van der Waals surface area contributed by atoms with E-state index in [4.69, 9.17) is 11.6 Å². The number of rotatable bonds is 1. The van der Waals surface area contributed by atoms with Crippen LogP contribution in [0.2, 0.25) is 5.02 Å². The Kier molecular flexibility index (Phi) is 3.97. The van der Waals surface area contributed by atoms with E-state index in [1.54, 1.807) is 12.1 Å². The predicted octanol–water partition coefficient (Wildman–Crippen LogP) is 2.87. The molecule has 20 heavy (non-hydrogen) atoms. The van der Waals surface area contributed by atoms with E-state index in [-0.39, 0.29) is 19.0 Å². The van der Waals surface area contributed by atoms with Crippen molar-refractivity contribution in [2.75, 3.05) is 13.1 Å². The van der Waals surface area contributed by atoms with Crippen LogP contribution in [0.15, 0.2) is 24.3 Å². The fourth-order valence-electron chi connectivity index (χ4n) is 2.14. The van der Waals surface area contributed by atoms with Crippen molar-refractivity contribution in [2.24, 2.45) is 0 Å². The van der Waals surface area contributed by atoms with Gasteiger partial charge in [0, 0.05) is 36.5 Å². The minimum absolute atomic E-state index is 0.128. The Hall–Kier alpha value is -1.27. The molecule has 2 rings (SSSR count). The molecule has 1 saturated heterocycles. The molecule has 0 saturated carbocycles. The van der Waals surface area contributed by atoms with Gasteiger partial charge in [-0.2, -0.15) is 13.2 Å². The van der Waals surface area contributed by atoms with Gasteiger partial charge in [0.2, 0.25) is 0 Å². The number of alkyl halides is 3. The van der Waals surface area contributed by atoms with Crippen molar-refractivity contribution in [2.45, 2.75) is 24.6 Å². The second-order valence-corrected chi connectivity index (χ2v) is 5.26. The highest BCUT2D eigenvalue weighted by Gasteiger charge is 2.54. The molecule has 1 aliphatic heterocycles. The van der Waals surface area contributed by atoms with Gasteiger partial charge >= 0.3 is 6.18 Å². The number of amides is 1. The molecule has 1 heterocycles. The smallest absolute Gasteiger partial charge is 0.380 e. The first-order chi connectivity index (χ1) is 9.23. The maximum atomic E-state index is 12.7. The van der Waals surface area contributed by atoms with Crippen LogP contribution >= 0.6 is 11.6 Å². The van der Waals surface area contributed by atoms with Crippen molar-refractivity contribution in [3.8, 4) is 0 Å². The van der Waals surface area contributed by atoms with E-state index in [1.165, 1.54) is 17.0 Å². The Labute approximate surface area is 118 Å². The van der Waals surface area contributed by atoms with Crippen molar-refractivity contribution in [1.82, 2.24) is 4.90 Å². The number of hydrogen-bond acceptors (Lipinski definition) is 2. The van der Waals surface area contributed by atoms with Crippen LogP contribution in [0.4, 0.5) is 13.2 Å². The van der Waals surface area contributed by atoms with Gasteiger partial charge in [0.1, 0.15) is 0 Å². The molecule has 0 aromatic heterocycles. The molecule has 1 fully saturated rings. The van der Waals surface area contributed by atoms with Gasteiger partial charge in [-0.25, -0.2) is 0 Å². The summed E-state index contributed by atoms with van der Waals surface area (Å²) in [6.07, 6.45) is -5.67. The standard InChI is InChI=1S/C13H13ClF3NO2/c14-10-3-1-9(2-4-10)11(19)18-7-5-12(20,6-8-18)13(15,16)17/h1-4,20H,5-8H2. The SMILES string of the molecule is O=C(c1ccc(Cl)cc1)N1CCC(O)(C(F)(F)F)CC1. The lowest BCUT2D eigenvalue weighted by atomic mass is 9.90. The fourth-order valence-corrected chi connectivity index (χ4v) is 2.26. The third-order valence-corrected chi connectivity index (χ3v) is 3.75. The summed E-state index contributed by atoms with van der Waals surface area (Å²) in [6.45, 7) is -0.255. The zero-order valence-corrected chi connectivity index (χ0v) is 11.2. The van der Waals surface area contributed by atoms with Crippen LogP contribution in [0.25, 0.3) is 0 Å². The first-order valence-electron chi connectivity index (χ1n) is 6.07. The van der Waals surface area contributed by atoms with Gasteiger partial charge in [0.25, 0.3) is 5.91 Å². The Morgan fingerprint density at radius 2 is 1.70 bits per heavy atom. The first-order valence-corrected chi connectivity index (χ1v) is 6.45. The van der Waals surface area contributed by atoms with Crippen LogP contribution in [0, 0.1) is 0 Å². The number of benzene rings is 1. The van der Waals surface area contributed by atoms with Crippen molar-refractivity contribution in [1.29, 1.82) is 0 Å². The molecule has 1 aliphatic rings. The first kappa shape index (κ1) is 15.1. The number of nitrogens with zero attached hydrogens (tertiary/aromatic N) is 1. The van der Waals surface area contributed by atoms with Gasteiger partial charge in [-0.15, -0.1) is 0 Å². The summed E-state index contributed by atoms with van der Waals surface area (Å²) >= 11 is 5.71. The minimum atomic E-state index is -4.66. The monoisotopic (exact) mass is 307 g/mol. The molecule has 1 N–H and O–H groups in total. The molecular formula is C13H13ClF3NO2. The van der Waals surface area contributed by atoms with Gasteiger partial charge in [-0.1, -0.05) is 11.6 Å². The molecule has 7 heteroatoms. The van der Waals surface area contributed by atoms with E-state index in [9.17, 15) is 23.1 Å². The van der Waals surface area contributed by atoms with E-state index < -0.39 is 24.6 Å². The number of carbonyl (C=O) groups excluding carboxylic acids is 1. The molecule has 0 bridgehead atoms. The van der Waals surface area contributed by atoms with E-state index in [0.29, 0.717) is 10.6 Å². The molecular weight excluding hydrogens is 295 g/mol. The fraction of sp³-hybridized carbons (Fsp3) is 0.462. The average Bonchev–Trinajstić information content (AvgIpc) is 2.38. The number of aliphatic hydroxyl groups is 1. The van der Waals surface area contributed by atoms with E-state index in [2.05, 4.69) is 0 Å². The largest absolute Gasteiger partial charge is 0.417 e. The van der Waals surface area contributed by atoms with Gasteiger partial charge in [-0.3, -0.25) is 4.79 Å². The Bertz CT molecular complexity index is 493. The lowest BCUT2D eigenvalue weighted by Crippen LogP contribution is -2.54. The highest BCUT2D eigenvalue weighted by molar-refractivity contribution is 6.30. The van der Waals surface area contributed by atoms with Crippen LogP contribution in [0.3, 0.4) is 0 Å². The quantitative estimate of drug-likeness (QED) is 0.866. The van der Waals surface area contributed by atoms with Crippen LogP contribution < -0.4 is 0 Å². The van der Waals surface area contributed by atoms with Gasteiger partial charge < -0.3 is 10.0 Å². The molecule has 1 aromatic carbocycles. The van der Waals surface area contributed by atoms with Crippen LogP contribution in [-0.2, 0) is 0 Å². The third-order valence-electron chi connectivity index (χ3n) is 3.50. The van der Waals surface area contributed by atoms with Crippen molar-refractivity contribution >= 4 is 17.5 Å². The molecule has 0 atom stereocenters. The summed E-state index contributed by atoms with van der Waals surface area (Å²) in [6, 6.07) is 6.14. The predicted molar refractivity (Wildman–Crippen MR) is 67.6 cm³/mol. The van der Waals surface area contributed by atoms with Crippen molar-refractivity contribution < 1.29 is 23.1 Å². The molecule has 1 aromatic rings. The van der Waals surface area contributed by atoms with Crippen LogP contribution in [0.5, 0.6) is 0 Å². The highest BCUT2D eigenvalue weighted by Crippen LogP contribution is 2.38. The second kappa shape index (κ2) is 5.26. The molecule has 0 unspecified atom stereocenters. The Morgan fingerprint density at radius 1 is 1.20 bits per heavy atom. The Morgan fingerprint density at radius 3 is 2.15 bits per heavy atom. The summed E-state index contributed by atoms with van der Waals surface area (Å²) in [5, 5.41) is 10.0. The van der Waals surface area contributed by atoms with Crippen LogP contribution in [0.1, 0.15) is 23.2 Å². The van der Waals surface area contributed by atoms with E-state index in [1.807, 2.05) is 0 Å². The van der Waals surface area contributed by atoms with Gasteiger partial charge in [0.05, 0.1) is 0 Å². The summed E-state index contributed by atoms with van der Waals surface area (Å²) in [7, 11) is 0. The van der Waals surface area contributed by atoms with Gasteiger partial charge in [0.15, 0.2) is 5.60 Å². The summed E-state index contributed by atoms with van der Waals surface area (Å²) in [4.78, 5) is 13.4. The minimum Gasteiger partial charge on any atom is -0.380 e. The number of hydrogen-bond donors (Lipinski definition) is 1. The molecule has 1 amide bonds. The zero-order chi connectivity index (χ0) is 15.0. The van der Waals surface area contributed by atoms with E-state index >= 15 is 0 Å². The summed E-state index contributed by atoms with van der Waals surface area (Å²) in [5.41, 5.74) is -2.32. The molecule has 0 aliphatic carbocycles.